The van der Waals surface area contributed by atoms with Crippen molar-refractivity contribution < 1.29 is 9.59 Å². The highest BCUT2D eigenvalue weighted by Gasteiger charge is 2.42. The fraction of sp³-hybridized carbons (Fsp3) is 0.704. The first kappa shape index (κ1) is 24.6. The van der Waals surface area contributed by atoms with E-state index in [-0.39, 0.29) is 17.6 Å². The van der Waals surface area contributed by atoms with Crippen molar-refractivity contribution >= 4 is 23.0 Å². The molecule has 0 radical (unpaired) electrons. The van der Waals surface area contributed by atoms with Crippen molar-refractivity contribution in [1.29, 1.82) is 0 Å². The summed E-state index contributed by atoms with van der Waals surface area (Å²) in [6, 6.07) is 1.72. The molecule has 3 aliphatic rings. The lowest BCUT2D eigenvalue weighted by Gasteiger charge is -2.41. The average Bonchev–Trinajstić information content (AvgIpc) is 3.52. The van der Waals surface area contributed by atoms with Crippen LogP contribution in [0.2, 0.25) is 0 Å². The number of thiazole rings is 1. The number of nitrogens with zero attached hydrogens (tertiary/aromatic N) is 5. The minimum atomic E-state index is 0.242. The Labute approximate surface area is 212 Å². The van der Waals surface area contributed by atoms with Crippen LogP contribution in [0.15, 0.2) is 11.6 Å². The fourth-order valence-electron chi connectivity index (χ4n) is 6.83. The predicted octanol–water partition coefficient (Wildman–Crippen LogP) is 4.65. The summed E-state index contributed by atoms with van der Waals surface area (Å²) in [5.74, 6) is 1.87. The van der Waals surface area contributed by atoms with E-state index in [1.54, 1.807) is 18.3 Å². The Bertz CT molecular complexity index is 1030. The van der Waals surface area contributed by atoms with Crippen LogP contribution in [0.1, 0.15) is 99.4 Å². The van der Waals surface area contributed by atoms with E-state index in [0.717, 1.165) is 48.9 Å². The lowest BCUT2D eigenvalue weighted by molar-refractivity contribution is -0.132. The summed E-state index contributed by atoms with van der Waals surface area (Å²) in [4.78, 5) is 38.5. The number of rotatable bonds is 9. The molecule has 0 aliphatic carbocycles. The van der Waals surface area contributed by atoms with E-state index in [2.05, 4.69) is 28.3 Å². The number of aryl methyl sites for hydroxylation is 1. The smallest absolute Gasteiger partial charge is 0.222 e. The topological polar surface area (TPSA) is 71.3 Å². The van der Waals surface area contributed by atoms with Crippen molar-refractivity contribution in [3.8, 4) is 0 Å². The zero-order valence-corrected chi connectivity index (χ0v) is 22.2. The molecule has 0 N–H and O–H groups in total. The normalized spacial score (nSPS) is 25.0. The van der Waals surface area contributed by atoms with Crippen LogP contribution < -0.4 is 0 Å². The molecule has 5 heterocycles. The maximum absolute atomic E-state index is 12.4. The van der Waals surface area contributed by atoms with Gasteiger partial charge in [0.1, 0.15) is 11.6 Å². The van der Waals surface area contributed by atoms with E-state index in [4.69, 9.17) is 4.98 Å². The Morgan fingerprint density at radius 3 is 2.63 bits per heavy atom. The van der Waals surface area contributed by atoms with Gasteiger partial charge in [0.05, 0.1) is 17.2 Å². The first-order valence-corrected chi connectivity index (χ1v) is 14.3. The Morgan fingerprint density at radius 2 is 1.97 bits per heavy atom. The van der Waals surface area contributed by atoms with Gasteiger partial charge in [0.2, 0.25) is 5.91 Å². The first-order chi connectivity index (χ1) is 16.9. The number of hydrogen-bond acceptors (Lipinski definition) is 6. The van der Waals surface area contributed by atoms with E-state index >= 15 is 0 Å². The summed E-state index contributed by atoms with van der Waals surface area (Å²) in [5.41, 5.74) is 2.48. The van der Waals surface area contributed by atoms with Crippen molar-refractivity contribution in [2.24, 2.45) is 0 Å². The molecule has 1 amide bonds. The van der Waals surface area contributed by atoms with Gasteiger partial charge in [0.25, 0.3) is 0 Å². The van der Waals surface area contributed by atoms with Crippen molar-refractivity contribution in [1.82, 2.24) is 24.3 Å². The van der Waals surface area contributed by atoms with Gasteiger partial charge in [-0.15, -0.1) is 11.3 Å². The maximum Gasteiger partial charge on any atom is 0.222 e. The first-order valence-electron chi connectivity index (χ1n) is 13.4. The van der Waals surface area contributed by atoms with Gasteiger partial charge in [-0.1, -0.05) is 6.92 Å². The number of piperidine rings is 1. The summed E-state index contributed by atoms with van der Waals surface area (Å²) >= 11 is 1.68. The molecule has 0 aromatic carbocycles. The van der Waals surface area contributed by atoms with E-state index in [9.17, 15) is 9.59 Å². The van der Waals surface area contributed by atoms with E-state index < -0.39 is 0 Å². The second kappa shape index (κ2) is 10.5. The Balaban J connectivity index is 1.25. The third-order valence-electron chi connectivity index (χ3n) is 8.34. The summed E-state index contributed by atoms with van der Waals surface area (Å²) in [7, 11) is 0. The summed E-state index contributed by atoms with van der Waals surface area (Å²) in [6.07, 6.45) is 10.8. The Morgan fingerprint density at radius 1 is 1.20 bits per heavy atom. The van der Waals surface area contributed by atoms with E-state index in [0.29, 0.717) is 37.5 Å². The summed E-state index contributed by atoms with van der Waals surface area (Å²) < 4.78 is 2.54. The Hall–Kier alpha value is -2.06. The molecule has 190 valence electrons. The molecule has 2 unspecified atom stereocenters. The fourth-order valence-corrected chi connectivity index (χ4v) is 7.61. The average molecular weight is 498 g/mol. The van der Waals surface area contributed by atoms with Gasteiger partial charge < -0.3 is 14.3 Å². The molecule has 0 spiro atoms. The minimum Gasteiger partial charge on any atom is -0.336 e. The predicted molar refractivity (Wildman–Crippen MR) is 138 cm³/mol. The molecule has 2 saturated heterocycles. The third kappa shape index (κ3) is 5.10. The second-order valence-corrected chi connectivity index (χ2v) is 11.7. The van der Waals surface area contributed by atoms with Gasteiger partial charge in [-0.3, -0.25) is 9.69 Å². The second-order valence-electron chi connectivity index (χ2n) is 10.7. The van der Waals surface area contributed by atoms with Crippen LogP contribution in [0.5, 0.6) is 0 Å². The molecule has 3 aliphatic heterocycles. The van der Waals surface area contributed by atoms with E-state index in [1.165, 1.54) is 31.4 Å². The van der Waals surface area contributed by atoms with Crippen LogP contribution in [0.4, 0.5) is 0 Å². The van der Waals surface area contributed by atoms with Crippen LogP contribution in [-0.2, 0) is 22.6 Å². The van der Waals surface area contributed by atoms with Crippen LogP contribution >= 0.6 is 11.3 Å². The summed E-state index contributed by atoms with van der Waals surface area (Å²) in [5, 5.41) is 3.12. The van der Waals surface area contributed by atoms with E-state index in [1.807, 2.05) is 16.5 Å². The lowest BCUT2D eigenvalue weighted by atomic mass is 9.94. The number of amides is 1. The quantitative estimate of drug-likeness (QED) is 0.504. The molecule has 35 heavy (non-hydrogen) atoms. The van der Waals surface area contributed by atoms with Gasteiger partial charge in [0, 0.05) is 67.1 Å². The van der Waals surface area contributed by atoms with Crippen molar-refractivity contribution in [3.63, 3.8) is 0 Å². The molecule has 8 heteroatoms. The van der Waals surface area contributed by atoms with Crippen LogP contribution in [0.3, 0.4) is 0 Å². The number of imidazole rings is 1. The van der Waals surface area contributed by atoms with Crippen LogP contribution in [0, 0.1) is 6.92 Å². The Kier molecular flexibility index (Phi) is 7.39. The lowest BCUT2D eigenvalue weighted by Crippen LogP contribution is -2.44. The van der Waals surface area contributed by atoms with Crippen LogP contribution in [-0.4, -0.2) is 61.2 Å². The molecule has 7 nitrogen and oxygen atoms in total. The number of aromatic nitrogens is 3. The van der Waals surface area contributed by atoms with Crippen molar-refractivity contribution in [3.05, 3.63) is 33.8 Å². The molecule has 2 aromatic rings. The number of carbonyl (C=O) groups is 2. The third-order valence-corrected chi connectivity index (χ3v) is 9.28. The highest BCUT2D eigenvalue weighted by atomic mass is 32.1. The molecule has 5 rings (SSSR count). The molecule has 2 bridgehead atoms. The molecular weight excluding hydrogens is 458 g/mol. The van der Waals surface area contributed by atoms with Crippen molar-refractivity contribution in [2.75, 3.05) is 13.1 Å². The zero-order chi connectivity index (χ0) is 24.5. The van der Waals surface area contributed by atoms with Gasteiger partial charge in [0.15, 0.2) is 0 Å². The number of hydrogen-bond donors (Lipinski definition) is 0. The largest absolute Gasteiger partial charge is 0.336 e. The molecular formula is C27H39N5O2S. The molecule has 2 fully saturated rings. The SMILES string of the molecule is CCCC(=O)N1CCc2c(nc(C)n2C2CC3CCC(C2)N3CC[C@H](CC(C)=O)c2nccs2)C1. The zero-order valence-electron chi connectivity index (χ0n) is 21.4. The molecule has 0 saturated carbocycles. The van der Waals surface area contributed by atoms with Gasteiger partial charge >= 0.3 is 0 Å². The number of fused-ring (bicyclic) bond motifs is 3. The van der Waals surface area contributed by atoms with Crippen LogP contribution in [0.25, 0.3) is 0 Å². The van der Waals surface area contributed by atoms with Gasteiger partial charge in [-0.2, -0.15) is 0 Å². The summed E-state index contributed by atoms with van der Waals surface area (Å²) in [6.45, 7) is 8.44. The highest BCUT2D eigenvalue weighted by Crippen LogP contribution is 2.43. The van der Waals surface area contributed by atoms with Gasteiger partial charge in [-0.25, -0.2) is 9.97 Å². The number of carbonyl (C=O) groups excluding carboxylic acids is 2. The van der Waals surface area contributed by atoms with Crippen molar-refractivity contribution in [2.45, 2.75) is 109 Å². The minimum absolute atomic E-state index is 0.242. The molecule has 3 atom stereocenters. The monoisotopic (exact) mass is 497 g/mol. The standard InChI is InChI=1S/C27H39N5O2S/c1-4-5-26(34)30-11-9-25-24(17-30)29-19(3)32(25)23-15-21-6-7-22(16-23)31(21)12-8-20(14-18(2)33)27-28-10-13-35-27/h10,13,20-23H,4-9,11-12,14-17H2,1-3H3/t20-,21?,22?,23?/m1/s1. The number of Topliss-reactive ketones (excluding diaryl/α,β-unsaturated/α-hetero) is 1. The number of ketones is 1. The maximum atomic E-state index is 12.4. The van der Waals surface area contributed by atoms with Gasteiger partial charge in [-0.05, 0) is 58.9 Å². The highest BCUT2D eigenvalue weighted by molar-refractivity contribution is 7.09. The molecule has 2 aromatic heterocycles.